The molecule has 3 rings (SSSR count). The Hall–Kier alpha value is -2.30. The predicted octanol–water partition coefficient (Wildman–Crippen LogP) is 1.97. The summed E-state index contributed by atoms with van der Waals surface area (Å²) < 4.78 is 1.98. The molecule has 2 amide bonds. The SMILES string of the molecule is CNc1ccc2c(C)cn(C3CCC(=O)NC3=O)c2c1. The number of nitrogens with one attached hydrogen (secondary N) is 2. The van der Waals surface area contributed by atoms with Crippen LogP contribution in [0.1, 0.15) is 24.4 Å². The number of aryl methyl sites for hydroxylation is 1. The number of fused-ring (bicyclic) bond motifs is 1. The van der Waals surface area contributed by atoms with Gasteiger partial charge < -0.3 is 9.88 Å². The van der Waals surface area contributed by atoms with E-state index >= 15 is 0 Å². The van der Waals surface area contributed by atoms with Crippen LogP contribution in [0.4, 0.5) is 5.69 Å². The van der Waals surface area contributed by atoms with Crippen LogP contribution in [0.3, 0.4) is 0 Å². The maximum Gasteiger partial charge on any atom is 0.249 e. The fourth-order valence-electron chi connectivity index (χ4n) is 2.79. The number of aromatic nitrogens is 1. The number of anilines is 1. The van der Waals surface area contributed by atoms with Gasteiger partial charge in [-0.1, -0.05) is 6.07 Å². The van der Waals surface area contributed by atoms with Gasteiger partial charge in [0, 0.05) is 30.7 Å². The van der Waals surface area contributed by atoms with E-state index in [-0.39, 0.29) is 17.9 Å². The molecule has 0 bridgehead atoms. The summed E-state index contributed by atoms with van der Waals surface area (Å²) in [5.41, 5.74) is 3.15. The number of carbonyl (C=O) groups is 2. The van der Waals surface area contributed by atoms with E-state index in [1.54, 1.807) is 0 Å². The van der Waals surface area contributed by atoms with Gasteiger partial charge >= 0.3 is 0 Å². The molecule has 0 spiro atoms. The van der Waals surface area contributed by atoms with Crippen molar-refractivity contribution in [1.82, 2.24) is 9.88 Å². The molecule has 2 aromatic rings. The van der Waals surface area contributed by atoms with E-state index in [2.05, 4.69) is 16.7 Å². The lowest BCUT2D eigenvalue weighted by Crippen LogP contribution is -2.41. The maximum atomic E-state index is 12.0. The Bertz CT molecular complexity index is 702. The molecule has 1 atom stereocenters. The quantitative estimate of drug-likeness (QED) is 0.821. The molecule has 0 radical (unpaired) electrons. The minimum absolute atomic E-state index is 0.185. The normalized spacial score (nSPS) is 19.2. The lowest BCUT2D eigenvalue weighted by molar-refractivity contribution is -0.135. The predicted molar refractivity (Wildman–Crippen MR) is 77.6 cm³/mol. The number of hydrogen-bond donors (Lipinski definition) is 2. The van der Waals surface area contributed by atoms with E-state index in [0.29, 0.717) is 12.8 Å². The average molecular weight is 271 g/mol. The van der Waals surface area contributed by atoms with Crippen LogP contribution in [-0.2, 0) is 9.59 Å². The van der Waals surface area contributed by atoms with Crippen molar-refractivity contribution >= 4 is 28.4 Å². The monoisotopic (exact) mass is 271 g/mol. The summed E-state index contributed by atoms with van der Waals surface area (Å²) in [7, 11) is 1.87. The van der Waals surface area contributed by atoms with Gasteiger partial charge in [0.15, 0.2) is 0 Å². The van der Waals surface area contributed by atoms with E-state index in [0.717, 1.165) is 22.2 Å². The third-order valence-electron chi connectivity index (χ3n) is 3.87. The molecule has 1 aliphatic rings. The topological polar surface area (TPSA) is 63.1 Å². The zero-order chi connectivity index (χ0) is 14.3. The summed E-state index contributed by atoms with van der Waals surface area (Å²) in [6.45, 7) is 2.03. The Labute approximate surface area is 117 Å². The van der Waals surface area contributed by atoms with Gasteiger partial charge in [0.2, 0.25) is 11.8 Å². The van der Waals surface area contributed by atoms with Crippen LogP contribution in [0.25, 0.3) is 10.9 Å². The Balaban J connectivity index is 2.11. The minimum Gasteiger partial charge on any atom is -0.388 e. The summed E-state index contributed by atoms with van der Waals surface area (Å²) in [4.78, 5) is 23.3. The molecule has 104 valence electrons. The zero-order valence-electron chi connectivity index (χ0n) is 11.6. The van der Waals surface area contributed by atoms with Gasteiger partial charge in [-0.25, -0.2) is 0 Å². The van der Waals surface area contributed by atoms with Gasteiger partial charge in [-0.2, -0.15) is 0 Å². The number of piperidine rings is 1. The highest BCUT2D eigenvalue weighted by Gasteiger charge is 2.29. The molecule has 1 aromatic heterocycles. The number of nitrogens with zero attached hydrogens (tertiary/aromatic N) is 1. The molecule has 1 aromatic carbocycles. The first kappa shape index (κ1) is 12.7. The Morgan fingerprint density at radius 1 is 1.35 bits per heavy atom. The van der Waals surface area contributed by atoms with E-state index in [1.165, 1.54) is 0 Å². The fourth-order valence-corrected chi connectivity index (χ4v) is 2.79. The lowest BCUT2D eigenvalue weighted by atomic mass is 10.1. The second kappa shape index (κ2) is 4.67. The number of benzene rings is 1. The molecular formula is C15H17N3O2. The van der Waals surface area contributed by atoms with Crippen molar-refractivity contribution < 1.29 is 9.59 Å². The molecule has 0 saturated carbocycles. The number of amides is 2. The van der Waals surface area contributed by atoms with Gasteiger partial charge in [0.1, 0.15) is 6.04 Å². The third kappa shape index (κ3) is 1.95. The molecule has 2 N–H and O–H groups in total. The maximum absolute atomic E-state index is 12.0. The summed E-state index contributed by atoms with van der Waals surface area (Å²) in [6, 6.07) is 5.80. The summed E-state index contributed by atoms with van der Waals surface area (Å²) in [5, 5.41) is 6.66. The highest BCUT2D eigenvalue weighted by Crippen LogP contribution is 2.29. The van der Waals surface area contributed by atoms with E-state index < -0.39 is 0 Å². The van der Waals surface area contributed by atoms with Crippen molar-refractivity contribution in [3.8, 4) is 0 Å². The van der Waals surface area contributed by atoms with Crippen LogP contribution in [0, 0.1) is 6.92 Å². The van der Waals surface area contributed by atoms with Crippen LogP contribution >= 0.6 is 0 Å². The first-order chi connectivity index (χ1) is 9.60. The largest absolute Gasteiger partial charge is 0.388 e. The van der Waals surface area contributed by atoms with E-state index in [1.807, 2.05) is 36.9 Å². The smallest absolute Gasteiger partial charge is 0.249 e. The van der Waals surface area contributed by atoms with Crippen LogP contribution < -0.4 is 10.6 Å². The molecule has 1 aliphatic heterocycles. The first-order valence-electron chi connectivity index (χ1n) is 6.73. The van der Waals surface area contributed by atoms with E-state index in [9.17, 15) is 9.59 Å². The van der Waals surface area contributed by atoms with Crippen molar-refractivity contribution in [2.24, 2.45) is 0 Å². The van der Waals surface area contributed by atoms with E-state index in [4.69, 9.17) is 0 Å². The minimum atomic E-state index is -0.309. The van der Waals surface area contributed by atoms with Crippen molar-refractivity contribution in [2.75, 3.05) is 12.4 Å². The summed E-state index contributed by atoms with van der Waals surface area (Å²) >= 11 is 0. The molecule has 1 unspecified atom stereocenters. The second-order valence-electron chi connectivity index (χ2n) is 5.17. The number of rotatable bonds is 2. The van der Waals surface area contributed by atoms with Gasteiger partial charge in [0.25, 0.3) is 0 Å². The Morgan fingerprint density at radius 2 is 2.15 bits per heavy atom. The zero-order valence-corrected chi connectivity index (χ0v) is 11.6. The molecule has 0 aliphatic carbocycles. The summed E-state index contributed by atoms with van der Waals surface area (Å²) in [5.74, 6) is -0.400. The number of carbonyl (C=O) groups excluding carboxylic acids is 2. The molecule has 1 saturated heterocycles. The first-order valence-corrected chi connectivity index (χ1v) is 6.73. The second-order valence-corrected chi connectivity index (χ2v) is 5.17. The van der Waals surface area contributed by atoms with Crippen LogP contribution in [0.5, 0.6) is 0 Å². The fraction of sp³-hybridized carbons (Fsp3) is 0.333. The molecule has 5 nitrogen and oxygen atoms in total. The molecule has 2 heterocycles. The van der Waals surface area contributed by atoms with Gasteiger partial charge in [-0.3, -0.25) is 14.9 Å². The molecular weight excluding hydrogens is 254 g/mol. The van der Waals surface area contributed by atoms with Crippen molar-refractivity contribution in [3.05, 3.63) is 30.0 Å². The highest BCUT2D eigenvalue weighted by molar-refractivity contribution is 6.00. The van der Waals surface area contributed by atoms with Crippen LogP contribution in [0.15, 0.2) is 24.4 Å². The lowest BCUT2D eigenvalue weighted by Gasteiger charge is -2.23. The number of hydrogen-bond acceptors (Lipinski definition) is 3. The number of imide groups is 1. The van der Waals surface area contributed by atoms with Crippen molar-refractivity contribution in [1.29, 1.82) is 0 Å². The Morgan fingerprint density at radius 3 is 2.85 bits per heavy atom. The third-order valence-corrected chi connectivity index (χ3v) is 3.87. The molecule has 5 heteroatoms. The summed E-state index contributed by atoms with van der Waals surface area (Å²) in [6.07, 6.45) is 2.93. The van der Waals surface area contributed by atoms with Crippen LogP contribution in [0.2, 0.25) is 0 Å². The van der Waals surface area contributed by atoms with Crippen molar-refractivity contribution in [3.63, 3.8) is 0 Å². The molecule has 1 fully saturated rings. The molecule has 20 heavy (non-hydrogen) atoms. The van der Waals surface area contributed by atoms with Gasteiger partial charge in [-0.05, 0) is 31.0 Å². The average Bonchev–Trinajstić information content (AvgIpc) is 2.75. The Kier molecular flexibility index (Phi) is 2.97. The van der Waals surface area contributed by atoms with Gasteiger partial charge in [-0.15, -0.1) is 0 Å². The van der Waals surface area contributed by atoms with Crippen LogP contribution in [-0.4, -0.2) is 23.4 Å². The standard InChI is InChI=1S/C15H17N3O2/c1-9-8-18(12-5-6-14(19)17-15(12)20)13-7-10(16-2)3-4-11(9)13/h3-4,7-8,12,16H,5-6H2,1-2H3,(H,17,19,20). The highest BCUT2D eigenvalue weighted by atomic mass is 16.2. The van der Waals surface area contributed by atoms with Crippen molar-refractivity contribution in [2.45, 2.75) is 25.8 Å². The van der Waals surface area contributed by atoms with Gasteiger partial charge in [0.05, 0.1) is 5.52 Å².